The molecule has 174 valence electrons. The number of para-hydroxylation sites is 1. The second-order valence-corrected chi connectivity index (χ2v) is 8.52. The second-order valence-electron chi connectivity index (χ2n) is 8.52. The summed E-state index contributed by atoms with van der Waals surface area (Å²) in [5.41, 5.74) is 1.49. The summed E-state index contributed by atoms with van der Waals surface area (Å²) in [6, 6.07) is 13.7. The van der Waals surface area contributed by atoms with Crippen molar-refractivity contribution in [2.75, 3.05) is 38.5 Å². The Morgan fingerprint density at radius 1 is 0.939 bits per heavy atom. The average molecular weight is 450 g/mol. The standard InChI is InChI=1S/C25H31N5O3/c1-30(2)23-19-7-5-6-8-20(19)28-25(29-23)27-18-12-10-17(11-13-18)26-24(31)16-9-14-21(32-3)22(15-16)33-4/h5-9,14-15,17-18H,10-13H2,1-4H3,(H,26,31)(H,27,28,29). The van der Waals surface area contributed by atoms with Crippen LogP contribution >= 0.6 is 0 Å². The number of nitrogens with zero attached hydrogens (tertiary/aromatic N) is 3. The summed E-state index contributed by atoms with van der Waals surface area (Å²) in [6.45, 7) is 0. The summed E-state index contributed by atoms with van der Waals surface area (Å²) in [4.78, 5) is 24.2. The minimum Gasteiger partial charge on any atom is -0.493 e. The van der Waals surface area contributed by atoms with Crippen molar-refractivity contribution < 1.29 is 14.3 Å². The molecule has 8 heteroatoms. The van der Waals surface area contributed by atoms with Gasteiger partial charge in [-0.05, 0) is 56.0 Å². The van der Waals surface area contributed by atoms with Gasteiger partial charge in [0.2, 0.25) is 5.95 Å². The fraction of sp³-hybridized carbons (Fsp3) is 0.400. The zero-order valence-electron chi connectivity index (χ0n) is 19.6. The minimum atomic E-state index is -0.0964. The number of methoxy groups -OCH3 is 2. The Hall–Kier alpha value is -3.55. The molecule has 0 unspecified atom stereocenters. The lowest BCUT2D eigenvalue weighted by Crippen LogP contribution is -2.40. The molecule has 1 saturated carbocycles. The predicted octanol–water partition coefficient (Wildman–Crippen LogP) is 3.87. The number of fused-ring (bicyclic) bond motifs is 1. The van der Waals surface area contributed by atoms with Gasteiger partial charge >= 0.3 is 0 Å². The van der Waals surface area contributed by atoms with Crippen molar-refractivity contribution in [3.8, 4) is 11.5 Å². The largest absolute Gasteiger partial charge is 0.493 e. The van der Waals surface area contributed by atoms with Crippen LogP contribution < -0.4 is 25.0 Å². The van der Waals surface area contributed by atoms with Crippen molar-refractivity contribution >= 4 is 28.6 Å². The van der Waals surface area contributed by atoms with Crippen LogP contribution in [0.1, 0.15) is 36.0 Å². The van der Waals surface area contributed by atoms with Gasteiger partial charge in [0.05, 0.1) is 19.7 Å². The number of benzene rings is 2. The molecule has 4 rings (SSSR count). The van der Waals surface area contributed by atoms with Crippen molar-refractivity contribution in [2.24, 2.45) is 0 Å². The van der Waals surface area contributed by atoms with E-state index in [0.29, 0.717) is 23.0 Å². The number of rotatable bonds is 7. The van der Waals surface area contributed by atoms with Crippen LogP contribution in [0.5, 0.6) is 11.5 Å². The Morgan fingerprint density at radius 2 is 1.64 bits per heavy atom. The SMILES string of the molecule is COc1ccc(C(=O)NC2CCC(Nc3nc(N(C)C)c4ccccc4n3)CC2)cc1OC. The van der Waals surface area contributed by atoms with Gasteiger partial charge in [0.1, 0.15) is 5.82 Å². The van der Waals surface area contributed by atoms with E-state index in [0.717, 1.165) is 42.4 Å². The van der Waals surface area contributed by atoms with Crippen molar-refractivity contribution in [2.45, 2.75) is 37.8 Å². The molecule has 0 spiro atoms. The van der Waals surface area contributed by atoms with Crippen LogP contribution in [-0.2, 0) is 0 Å². The number of hydrogen-bond acceptors (Lipinski definition) is 7. The highest BCUT2D eigenvalue weighted by Crippen LogP contribution is 2.29. The fourth-order valence-corrected chi connectivity index (χ4v) is 4.28. The van der Waals surface area contributed by atoms with Crippen LogP contribution in [0.25, 0.3) is 10.9 Å². The van der Waals surface area contributed by atoms with Crippen LogP contribution in [0.3, 0.4) is 0 Å². The second kappa shape index (κ2) is 9.94. The molecular formula is C25H31N5O3. The summed E-state index contributed by atoms with van der Waals surface area (Å²) < 4.78 is 10.6. The molecule has 0 bridgehead atoms. The number of carbonyl (C=O) groups is 1. The molecule has 2 N–H and O–H groups in total. The number of anilines is 2. The third kappa shape index (κ3) is 5.10. The third-order valence-electron chi connectivity index (χ3n) is 6.05. The highest BCUT2D eigenvalue weighted by molar-refractivity contribution is 5.95. The molecule has 1 heterocycles. The number of nitrogens with one attached hydrogen (secondary N) is 2. The van der Waals surface area contributed by atoms with Crippen molar-refractivity contribution in [3.63, 3.8) is 0 Å². The molecule has 33 heavy (non-hydrogen) atoms. The summed E-state index contributed by atoms with van der Waals surface area (Å²) in [6.07, 6.45) is 3.66. The van der Waals surface area contributed by atoms with Crippen molar-refractivity contribution in [1.82, 2.24) is 15.3 Å². The number of hydrogen-bond donors (Lipinski definition) is 2. The zero-order chi connectivity index (χ0) is 23.4. The highest BCUT2D eigenvalue weighted by atomic mass is 16.5. The maximum absolute atomic E-state index is 12.7. The number of carbonyl (C=O) groups excluding carboxylic acids is 1. The fourth-order valence-electron chi connectivity index (χ4n) is 4.28. The van der Waals surface area contributed by atoms with Gasteiger partial charge in [0, 0.05) is 37.1 Å². The molecule has 3 aromatic rings. The van der Waals surface area contributed by atoms with Gasteiger partial charge in [0.25, 0.3) is 5.91 Å². The van der Waals surface area contributed by atoms with Crippen LogP contribution in [0, 0.1) is 0 Å². The van der Waals surface area contributed by atoms with E-state index in [9.17, 15) is 4.79 Å². The lowest BCUT2D eigenvalue weighted by molar-refractivity contribution is 0.0926. The van der Waals surface area contributed by atoms with E-state index >= 15 is 0 Å². The molecule has 0 radical (unpaired) electrons. The van der Waals surface area contributed by atoms with E-state index in [-0.39, 0.29) is 18.0 Å². The first kappa shape index (κ1) is 22.6. The predicted molar refractivity (Wildman–Crippen MR) is 131 cm³/mol. The zero-order valence-corrected chi connectivity index (χ0v) is 19.6. The van der Waals surface area contributed by atoms with Gasteiger partial charge in [-0.25, -0.2) is 4.98 Å². The van der Waals surface area contributed by atoms with E-state index in [1.807, 2.05) is 43.3 Å². The number of aromatic nitrogens is 2. The molecule has 2 aromatic carbocycles. The topological polar surface area (TPSA) is 88.6 Å². The van der Waals surface area contributed by atoms with Crippen LogP contribution in [-0.4, -0.2) is 56.3 Å². The summed E-state index contributed by atoms with van der Waals surface area (Å²) in [7, 11) is 7.12. The normalized spacial score (nSPS) is 17.9. The Bertz CT molecular complexity index is 1130. The molecule has 1 fully saturated rings. The van der Waals surface area contributed by atoms with Crippen LogP contribution in [0.2, 0.25) is 0 Å². The van der Waals surface area contributed by atoms with Gasteiger partial charge < -0.3 is 25.0 Å². The third-order valence-corrected chi connectivity index (χ3v) is 6.05. The quantitative estimate of drug-likeness (QED) is 0.566. The van der Waals surface area contributed by atoms with Gasteiger partial charge in [-0.3, -0.25) is 4.79 Å². The molecule has 1 aromatic heterocycles. The molecule has 0 saturated heterocycles. The Morgan fingerprint density at radius 3 is 2.33 bits per heavy atom. The summed E-state index contributed by atoms with van der Waals surface area (Å²) in [5.74, 6) is 2.61. The first-order valence-electron chi connectivity index (χ1n) is 11.2. The minimum absolute atomic E-state index is 0.0964. The Labute approximate surface area is 194 Å². The maximum atomic E-state index is 12.7. The van der Waals surface area contributed by atoms with Crippen LogP contribution in [0.15, 0.2) is 42.5 Å². The van der Waals surface area contributed by atoms with Gasteiger partial charge in [-0.15, -0.1) is 0 Å². The van der Waals surface area contributed by atoms with E-state index in [1.165, 1.54) is 0 Å². The van der Waals surface area contributed by atoms with Gasteiger partial charge in [-0.1, -0.05) is 12.1 Å². The Balaban J connectivity index is 1.36. The molecular weight excluding hydrogens is 418 g/mol. The average Bonchev–Trinajstić information content (AvgIpc) is 2.84. The van der Waals surface area contributed by atoms with E-state index < -0.39 is 0 Å². The monoisotopic (exact) mass is 449 g/mol. The Kier molecular flexibility index (Phi) is 6.82. The van der Waals surface area contributed by atoms with Crippen molar-refractivity contribution in [1.29, 1.82) is 0 Å². The maximum Gasteiger partial charge on any atom is 0.251 e. The summed E-state index contributed by atoms with van der Waals surface area (Å²) >= 11 is 0. The van der Waals surface area contributed by atoms with Gasteiger partial charge in [-0.2, -0.15) is 4.98 Å². The molecule has 1 aliphatic rings. The van der Waals surface area contributed by atoms with E-state index in [1.54, 1.807) is 32.4 Å². The highest BCUT2D eigenvalue weighted by Gasteiger charge is 2.24. The summed E-state index contributed by atoms with van der Waals surface area (Å²) in [5, 5.41) is 7.70. The van der Waals surface area contributed by atoms with E-state index in [4.69, 9.17) is 19.4 Å². The van der Waals surface area contributed by atoms with Crippen LogP contribution in [0.4, 0.5) is 11.8 Å². The lowest BCUT2D eigenvalue weighted by atomic mass is 9.91. The molecule has 1 amide bonds. The number of ether oxygens (including phenoxy) is 2. The molecule has 1 aliphatic carbocycles. The molecule has 0 atom stereocenters. The molecule has 8 nitrogen and oxygen atoms in total. The first-order valence-corrected chi connectivity index (χ1v) is 11.2. The number of amides is 1. The lowest BCUT2D eigenvalue weighted by Gasteiger charge is -2.30. The smallest absolute Gasteiger partial charge is 0.251 e. The van der Waals surface area contributed by atoms with Crippen molar-refractivity contribution in [3.05, 3.63) is 48.0 Å². The molecule has 0 aliphatic heterocycles. The van der Waals surface area contributed by atoms with E-state index in [2.05, 4.69) is 10.6 Å². The first-order chi connectivity index (χ1) is 16.0. The van der Waals surface area contributed by atoms with Gasteiger partial charge in [0.15, 0.2) is 11.5 Å².